The van der Waals surface area contributed by atoms with Gasteiger partial charge in [0.25, 0.3) is 0 Å². The molecule has 1 heterocycles. The lowest BCUT2D eigenvalue weighted by molar-refractivity contribution is 0.0567. The Labute approximate surface area is 94.7 Å². The van der Waals surface area contributed by atoms with Crippen LogP contribution in [-0.2, 0) is 15.5 Å². The Balaban J connectivity index is 2.54. The first kappa shape index (κ1) is 10.9. The molecule has 16 heavy (non-hydrogen) atoms. The van der Waals surface area contributed by atoms with E-state index in [2.05, 4.69) is 4.74 Å². The first-order valence-corrected chi connectivity index (χ1v) is 6.13. The molecule has 0 saturated carbocycles. The summed E-state index contributed by atoms with van der Waals surface area (Å²) >= 11 is 0. The van der Waals surface area contributed by atoms with Crippen LogP contribution in [0.4, 0.5) is 0 Å². The largest absolute Gasteiger partial charge is 0.463 e. The van der Waals surface area contributed by atoms with Crippen LogP contribution < -0.4 is 0 Å². The van der Waals surface area contributed by atoms with Gasteiger partial charge in [-0.1, -0.05) is 0 Å². The fraction of sp³-hybridized carbons (Fsp3) is 0.182. The Bertz CT molecular complexity index is 570. The number of ether oxygens (including phenoxy) is 1. The number of benzene rings is 1. The van der Waals surface area contributed by atoms with E-state index in [1.54, 1.807) is 30.5 Å². The molecule has 0 saturated heterocycles. The summed E-state index contributed by atoms with van der Waals surface area (Å²) in [6.07, 6.45) is 1.60. The molecule has 0 amide bonds. The fourth-order valence-corrected chi connectivity index (χ4v) is 1.95. The second kappa shape index (κ2) is 4.09. The van der Waals surface area contributed by atoms with Crippen LogP contribution in [0.3, 0.4) is 0 Å². The Morgan fingerprint density at radius 1 is 1.38 bits per heavy atom. The number of furan rings is 1. The lowest BCUT2D eigenvalue weighted by Gasteiger charge is -1.94. The molecule has 0 radical (unpaired) electrons. The zero-order valence-corrected chi connectivity index (χ0v) is 9.67. The summed E-state index contributed by atoms with van der Waals surface area (Å²) in [5.41, 5.74) is 0.578. The van der Waals surface area contributed by atoms with Gasteiger partial charge in [0, 0.05) is 27.3 Å². The number of carbonyl (C=O) groups is 1. The average Bonchev–Trinajstić information content (AvgIpc) is 2.70. The molecule has 84 valence electrons. The number of hydrogen-bond acceptors (Lipinski definition) is 4. The molecule has 5 heteroatoms. The average molecular weight is 238 g/mol. The summed E-state index contributed by atoms with van der Waals surface area (Å²) < 4.78 is 21.1. The fourth-order valence-electron chi connectivity index (χ4n) is 1.40. The highest BCUT2D eigenvalue weighted by Crippen LogP contribution is 2.22. The Morgan fingerprint density at radius 2 is 2.12 bits per heavy atom. The molecule has 1 unspecified atom stereocenters. The summed E-state index contributed by atoms with van der Waals surface area (Å²) in [6.45, 7) is 0. The van der Waals surface area contributed by atoms with Gasteiger partial charge in [-0.2, -0.15) is 0 Å². The van der Waals surface area contributed by atoms with Crippen molar-refractivity contribution in [2.45, 2.75) is 4.90 Å². The topological polar surface area (TPSA) is 56.5 Å². The SMILES string of the molecule is COC(=O)c1cc2cc(S(C)=O)ccc2o1. The van der Waals surface area contributed by atoms with Gasteiger partial charge in [0.1, 0.15) is 5.58 Å². The number of hydrogen-bond donors (Lipinski definition) is 0. The normalized spacial score (nSPS) is 12.6. The molecule has 2 aromatic rings. The zero-order valence-electron chi connectivity index (χ0n) is 8.85. The number of carbonyl (C=O) groups excluding carboxylic acids is 1. The minimum absolute atomic E-state index is 0.150. The van der Waals surface area contributed by atoms with Crippen LogP contribution in [0.5, 0.6) is 0 Å². The van der Waals surface area contributed by atoms with E-state index in [0.717, 1.165) is 5.39 Å². The quantitative estimate of drug-likeness (QED) is 0.750. The smallest absolute Gasteiger partial charge is 0.373 e. The van der Waals surface area contributed by atoms with Crippen molar-refractivity contribution in [3.05, 3.63) is 30.0 Å². The van der Waals surface area contributed by atoms with E-state index in [9.17, 15) is 9.00 Å². The molecular formula is C11H10O4S. The van der Waals surface area contributed by atoms with Crippen LogP contribution >= 0.6 is 0 Å². The minimum Gasteiger partial charge on any atom is -0.463 e. The van der Waals surface area contributed by atoms with E-state index < -0.39 is 16.8 Å². The molecule has 0 aliphatic heterocycles. The van der Waals surface area contributed by atoms with E-state index in [1.165, 1.54) is 7.11 Å². The number of fused-ring (bicyclic) bond motifs is 1. The monoisotopic (exact) mass is 238 g/mol. The van der Waals surface area contributed by atoms with Crippen LogP contribution in [0.2, 0.25) is 0 Å². The third kappa shape index (κ3) is 1.86. The number of rotatable bonds is 2. The maximum absolute atomic E-state index is 11.3. The van der Waals surface area contributed by atoms with Crippen LogP contribution in [0, 0.1) is 0 Å². The van der Waals surface area contributed by atoms with Crippen molar-refractivity contribution in [3.63, 3.8) is 0 Å². The van der Waals surface area contributed by atoms with Crippen LogP contribution in [0.1, 0.15) is 10.6 Å². The van der Waals surface area contributed by atoms with Crippen LogP contribution in [0.15, 0.2) is 33.6 Å². The van der Waals surface area contributed by atoms with Crippen LogP contribution in [-0.4, -0.2) is 23.5 Å². The lowest BCUT2D eigenvalue weighted by atomic mass is 10.2. The van der Waals surface area contributed by atoms with Gasteiger partial charge in [-0.05, 0) is 24.3 Å². The van der Waals surface area contributed by atoms with Gasteiger partial charge >= 0.3 is 5.97 Å². The second-order valence-electron chi connectivity index (χ2n) is 3.26. The van der Waals surface area contributed by atoms with E-state index in [0.29, 0.717) is 10.5 Å². The van der Waals surface area contributed by atoms with E-state index in [4.69, 9.17) is 4.42 Å². The molecule has 1 aromatic carbocycles. The molecule has 0 fully saturated rings. The van der Waals surface area contributed by atoms with Gasteiger partial charge in [-0.3, -0.25) is 4.21 Å². The summed E-state index contributed by atoms with van der Waals surface area (Å²) in [7, 11) is 0.248. The van der Waals surface area contributed by atoms with Gasteiger partial charge in [0.05, 0.1) is 7.11 Å². The molecule has 1 atom stereocenters. The second-order valence-corrected chi connectivity index (χ2v) is 4.64. The first-order valence-electron chi connectivity index (χ1n) is 4.57. The van der Waals surface area contributed by atoms with Gasteiger partial charge in [0.2, 0.25) is 5.76 Å². The van der Waals surface area contributed by atoms with Crippen molar-refractivity contribution in [1.82, 2.24) is 0 Å². The van der Waals surface area contributed by atoms with Gasteiger partial charge in [0.15, 0.2) is 0 Å². The van der Waals surface area contributed by atoms with Crippen molar-refractivity contribution in [1.29, 1.82) is 0 Å². The maximum atomic E-state index is 11.3. The molecule has 4 nitrogen and oxygen atoms in total. The number of methoxy groups -OCH3 is 1. The van der Waals surface area contributed by atoms with Crippen molar-refractivity contribution < 1.29 is 18.2 Å². The summed E-state index contributed by atoms with van der Waals surface area (Å²) in [5.74, 6) is -0.369. The predicted molar refractivity (Wildman–Crippen MR) is 59.9 cm³/mol. The zero-order chi connectivity index (χ0) is 11.7. The summed E-state index contributed by atoms with van der Waals surface area (Å²) in [4.78, 5) is 11.9. The third-order valence-corrected chi connectivity index (χ3v) is 3.12. The highest BCUT2D eigenvalue weighted by atomic mass is 32.2. The van der Waals surface area contributed by atoms with E-state index in [1.807, 2.05) is 0 Å². The van der Waals surface area contributed by atoms with Gasteiger partial charge in [-0.15, -0.1) is 0 Å². The molecule has 0 N–H and O–H groups in total. The van der Waals surface area contributed by atoms with Crippen LogP contribution in [0.25, 0.3) is 11.0 Å². The molecule has 2 rings (SSSR count). The summed E-state index contributed by atoms with van der Waals surface area (Å²) in [5, 5.41) is 0.744. The first-order chi connectivity index (χ1) is 7.61. The molecule has 0 aliphatic rings. The van der Waals surface area contributed by atoms with E-state index >= 15 is 0 Å². The molecule has 0 bridgehead atoms. The number of esters is 1. The van der Waals surface area contributed by atoms with Crippen molar-refractivity contribution in [2.24, 2.45) is 0 Å². The molecule has 1 aromatic heterocycles. The van der Waals surface area contributed by atoms with Crippen molar-refractivity contribution in [2.75, 3.05) is 13.4 Å². The Hall–Kier alpha value is -1.62. The predicted octanol–water partition coefficient (Wildman–Crippen LogP) is 1.96. The van der Waals surface area contributed by atoms with Gasteiger partial charge in [-0.25, -0.2) is 4.79 Å². The minimum atomic E-state index is -1.05. The third-order valence-electron chi connectivity index (χ3n) is 2.21. The molecule has 0 aliphatic carbocycles. The van der Waals surface area contributed by atoms with Crippen molar-refractivity contribution >= 4 is 27.7 Å². The molecule has 0 spiro atoms. The highest BCUT2D eigenvalue weighted by Gasteiger charge is 2.12. The lowest BCUT2D eigenvalue weighted by Crippen LogP contribution is -1.97. The highest BCUT2D eigenvalue weighted by molar-refractivity contribution is 7.84. The Morgan fingerprint density at radius 3 is 2.75 bits per heavy atom. The molecular weight excluding hydrogens is 228 g/mol. The Kier molecular flexibility index (Phi) is 2.78. The van der Waals surface area contributed by atoms with Crippen molar-refractivity contribution in [3.8, 4) is 0 Å². The standard InChI is InChI=1S/C11H10O4S/c1-14-11(12)10-6-7-5-8(16(2)13)3-4-9(7)15-10/h3-6H,1-2H3. The van der Waals surface area contributed by atoms with E-state index in [-0.39, 0.29) is 5.76 Å². The summed E-state index contributed by atoms with van der Waals surface area (Å²) in [6, 6.07) is 6.72. The van der Waals surface area contributed by atoms with Gasteiger partial charge < -0.3 is 9.15 Å². The maximum Gasteiger partial charge on any atom is 0.373 e.